The van der Waals surface area contributed by atoms with E-state index >= 15 is 0 Å². The largest absolute Gasteiger partial charge is 0.383 e. The fraction of sp³-hybridized carbons (Fsp3) is 0.250. The Hall–Kier alpha value is -0.870. The zero-order chi connectivity index (χ0) is 11.8. The summed E-state index contributed by atoms with van der Waals surface area (Å²) in [6.07, 6.45) is 1.74. The Morgan fingerprint density at radius 1 is 1.31 bits per heavy atom. The van der Waals surface area contributed by atoms with Crippen LogP contribution in [0.15, 0.2) is 30.5 Å². The lowest BCUT2D eigenvalue weighted by atomic mass is 9.99. The lowest BCUT2D eigenvalue weighted by molar-refractivity contribution is 0.791. The van der Waals surface area contributed by atoms with Gasteiger partial charge in [0.1, 0.15) is 5.82 Å². The van der Waals surface area contributed by atoms with Crippen LogP contribution in [-0.2, 0) is 4.75 Å². The molecule has 0 bridgehead atoms. The molecule has 2 rings (SSSR count). The molecule has 0 saturated heterocycles. The topological polar surface area (TPSA) is 38.9 Å². The van der Waals surface area contributed by atoms with Gasteiger partial charge in [0, 0.05) is 16.3 Å². The van der Waals surface area contributed by atoms with E-state index in [1.54, 1.807) is 17.0 Å². The first-order valence-electron chi connectivity index (χ1n) is 5.02. The van der Waals surface area contributed by atoms with E-state index in [9.17, 15) is 0 Å². The third kappa shape index (κ3) is 1.99. The van der Waals surface area contributed by atoms with Gasteiger partial charge in [-0.05, 0) is 36.9 Å². The van der Waals surface area contributed by atoms with Gasteiger partial charge >= 0.3 is 0 Å². The van der Waals surface area contributed by atoms with E-state index in [0.29, 0.717) is 5.82 Å². The molecule has 0 spiro atoms. The lowest BCUT2D eigenvalue weighted by Gasteiger charge is -2.22. The maximum absolute atomic E-state index is 5.82. The number of aromatic nitrogens is 1. The van der Waals surface area contributed by atoms with E-state index in [2.05, 4.69) is 42.6 Å². The highest BCUT2D eigenvalue weighted by Gasteiger charge is 2.19. The smallest absolute Gasteiger partial charge is 0.131 e. The van der Waals surface area contributed by atoms with Crippen LogP contribution in [0.4, 0.5) is 5.82 Å². The average molecular weight is 250 g/mol. The van der Waals surface area contributed by atoms with Crippen molar-refractivity contribution in [1.82, 2.24) is 4.98 Å². The van der Waals surface area contributed by atoms with Gasteiger partial charge in [0.25, 0.3) is 0 Å². The van der Waals surface area contributed by atoms with E-state index in [1.807, 2.05) is 12.1 Å². The first-order valence-corrected chi connectivity index (χ1v) is 6.89. The SMILES string of the molecule is CC(C)(SS)c1ccc2c(N)nccc2c1. The van der Waals surface area contributed by atoms with Crippen LogP contribution in [-0.4, -0.2) is 4.98 Å². The van der Waals surface area contributed by atoms with Crippen molar-refractivity contribution in [2.45, 2.75) is 18.6 Å². The number of benzene rings is 1. The van der Waals surface area contributed by atoms with Gasteiger partial charge < -0.3 is 5.73 Å². The monoisotopic (exact) mass is 250 g/mol. The van der Waals surface area contributed by atoms with Crippen LogP contribution in [0.2, 0.25) is 0 Å². The fourth-order valence-electron chi connectivity index (χ4n) is 1.63. The van der Waals surface area contributed by atoms with Crippen LogP contribution in [0.1, 0.15) is 19.4 Å². The summed E-state index contributed by atoms with van der Waals surface area (Å²) in [5, 5.41) is 2.13. The van der Waals surface area contributed by atoms with Gasteiger partial charge in [-0.15, -0.1) is 11.7 Å². The van der Waals surface area contributed by atoms with Crippen LogP contribution < -0.4 is 5.73 Å². The highest BCUT2D eigenvalue weighted by molar-refractivity contribution is 8.68. The minimum Gasteiger partial charge on any atom is -0.383 e. The number of pyridine rings is 1. The summed E-state index contributed by atoms with van der Waals surface area (Å²) in [6, 6.07) is 8.24. The Labute approximate surface area is 104 Å². The summed E-state index contributed by atoms with van der Waals surface area (Å²) in [6.45, 7) is 4.30. The van der Waals surface area contributed by atoms with Crippen molar-refractivity contribution in [1.29, 1.82) is 0 Å². The third-order valence-electron chi connectivity index (χ3n) is 2.72. The molecule has 0 radical (unpaired) electrons. The number of thiol groups is 1. The molecule has 16 heavy (non-hydrogen) atoms. The molecule has 0 amide bonds. The predicted octanol–water partition coefficient (Wildman–Crippen LogP) is 3.63. The zero-order valence-corrected chi connectivity index (χ0v) is 11.0. The molecule has 84 valence electrons. The van der Waals surface area contributed by atoms with Crippen LogP contribution in [0.3, 0.4) is 0 Å². The van der Waals surface area contributed by atoms with E-state index in [1.165, 1.54) is 5.56 Å². The van der Waals surface area contributed by atoms with Gasteiger partial charge in [0.2, 0.25) is 0 Å². The average Bonchev–Trinajstić information content (AvgIpc) is 2.29. The minimum atomic E-state index is -0.00463. The summed E-state index contributed by atoms with van der Waals surface area (Å²) < 4.78 is -0.00463. The van der Waals surface area contributed by atoms with Gasteiger partial charge in [-0.1, -0.05) is 22.9 Å². The number of nitrogen functional groups attached to an aromatic ring is 1. The number of nitrogens with zero attached hydrogens (tertiary/aromatic N) is 1. The quantitative estimate of drug-likeness (QED) is 0.631. The summed E-state index contributed by atoms with van der Waals surface area (Å²) in [7, 11) is 1.54. The van der Waals surface area contributed by atoms with Crippen LogP contribution in [0.25, 0.3) is 10.8 Å². The fourth-order valence-corrected chi connectivity index (χ4v) is 2.18. The van der Waals surface area contributed by atoms with E-state index in [0.717, 1.165) is 10.8 Å². The summed E-state index contributed by atoms with van der Waals surface area (Å²) in [4.78, 5) is 4.08. The molecule has 0 aliphatic rings. The standard InChI is InChI=1S/C12H14N2S2/c1-12(2,16-15)9-3-4-10-8(7-9)5-6-14-11(10)13/h3-7,15H,1-2H3,(H2,13,14). The van der Waals surface area contributed by atoms with Crippen LogP contribution >= 0.6 is 22.5 Å². The summed E-state index contributed by atoms with van der Waals surface area (Å²) >= 11 is 4.31. The molecule has 0 saturated carbocycles. The molecule has 1 heterocycles. The Balaban J connectivity index is 2.61. The number of hydrogen-bond acceptors (Lipinski definition) is 4. The third-order valence-corrected chi connectivity index (χ3v) is 4.78. The van der Waals surface area contributed by atoms with Gasteiger partial charge in [0.15, 0.2) is 0 Å². The summed E-state index contributed by atoms with van der Waals surface area (Å²) in [5.74, 6) is 0.584. The molecule has 0 fully saturated rings. The lowest BCUT2D eigenvalue weighted by Crippen LogP contribution is -2.09. The molecule has 1 aromatic carbocycles. The Morgan fingerprint density at radius 3 is 2.75 bits per heavy atom. The van der Waals surface area contributed by atoms with E-state index in [4.69, 9.17) is 5.73 Å². The minimum absolute atomic E-state index is 0.00463. The Bertz CT molecular complexity index is 523. The van der Waals surface area contributed by atoms with Crippen molar-refractivity contribution >= 4 is 39.0 Å². The number of fused-ring (bicyclic) bond motifs is 1. The first-order chi connectivity index (χ1) is 7.54. The van der Waals surface area contributed by atoms with Crippen LogP contribution in [0.5, 0.6) is 0 Å². The second-order valence-corrected chi connectivity index (χ2v) is 5.98. The molecule has 0 unspecified atom stereocenters. The molecule has 2 aromatic rings. The van der Waals surface area contributed by atoms with Gasteiger partial charge in [-0.3, -0.25) is 0 Å². The van der Waals surface area contributed by atoms with Crippen molar-refractivity contribution in [3.8, 4) is 0 Å². The Kier molecular flexibility index (Phi) is 3.04. The van der Waals surface area contributed by atoms with Crippen molar-refractivity contribution in [3.63, 3.8) is 0 Å². The van der Waals surface area contributed by atoms with Gasteiger partial charge in [-0.2, -0.15) is 0 Å². The van der Waals surface area contributed by atoms with Crippen molar-refractivity contribution in [2.75, 3.05) is 5.73 Å². The molecule has 2 nitrogen and oxygen atoms in total. The van der Waals surface area contributed by atoms with Crippen LogP contribution in [0, 0.1) is 0 Å². The number of hydrogen-bond donors (Lipinski definition) is 2. The second-order valence-electron chi connectivity index (χ2n) is 4.23. The maximum atomic E-state index is 5.82. The molecule has 0 aliphatic heterocycles. The second kappa shape index (κ2) is 4.18. The normalized spacial score (nSPS) is 11.9. The molecular weight excluding hydrogens is 236 g/mol. The molecule has 2 N–H and O–H groups in total. The molecule has 0 atom stereocenters. The number of rotatable bonds is 2. The first kappa shape index (κ1) is 11.6. The van der Waals surface area contributed by atoms with Gasteiger partial charge in [0.05, 0.1) is 0 Å². The predicted molar refractivity (Wildman–Crippen MR) is 75.8 cm³/mol. The zero-order valence-electron chi connectivity index (χ0n) is 9.27. The maximum Gasteiger partial charge on any atom is 0.131 e. The number of anilines is 1. The summed E-state index contributed by atoms with van der Waals surface area (Å²) in [5.41, 5.74) is 7.06. The van der Waals surface area contributed by atoms with E-state index in [-0.39, 0.29) is 4.75 Å². The van der Waals surface area contributed by atoms with Crippen molar-refractivity contribution < 1.29 is 0 Å². The highest BCUT2D eigenvalue weighted by atomic mass is 33.1. The van der Waals surface area contributed by atoms with E-state index < -0.39 is 0 Å². The molecule has 4 heteroatoms. The van der Waals surface area contributed by atoms with Gasteiger partial charge in [-0.25, -0.2) is 4.98 Å². The van der Waals surface area contributed by atoms with Crippen molar-refractivity contribution in [3.05, 3.63) is 36.0 Å². The number of nitrogens with two attached hydrogens (primary N) is 1. The van der Waals surface area contributed by atoms with Crippen molar-refractivity contribution in [2.24, 2.45) is 0 Å². The molecule has 0 aliphatic carbocycles. The highest BCUT2D eigenvalue weighted by Crippen LogP contribution is 2.39. The molecule has 1 aromatic heterocycles. The molecular formula is C12H14N2S2. The Morgan fingerprint density at radius 2 is 2.06 bits per heavy atom.